The van der Waals surface area contributed by atoms with Crippen molar-refractivity contribution in [2.24, 2.45) is 5.92 Å². The number of aliphatic hydroxyl groups excluding tert-OH is 1. The molecule has 1 unspecified atom stereocenters. The lowest BCUT2D eigenvalue weighted by atomic mass is 9.63. The first-order valence-electron chi connectivity index (χ1n) is 8.94. The Hall–Kier alpha value is -2.91. The predicted octanol–water partition coefficient (Wildman–Crippen LogP) is 4.24. The summed E-state index contributed by atoms with van der Waals surface area (Å²) in [7, 11) is 0. The topological polar surface area (TPSA) is 48.9 Å². The average molecular weight is 342 g/mol. The van der Waals surface area contributed by atoms with E-state index in [1.165, 1.54) is 11.1 Å². The molecule has 1 aliphatic rings. The molecule has 0 saturated carbocycles. The maximum absolute atomic E-state index is 9.46. The van der Waals surface area contributed by atoms with Crippen LogP contribution in [0.4, 0.5) is 0 Å². The molecule has 3 heteroatoms. The third-order valence-corrected chi connectivity index (χ3v) is 5.25. The molecule has 0 spiro atoms. The van der Waals surface area contributed by atoms with Gasteiger partial charge in [0.05, 0.1) is 12.0 Å². The summed E-state index contributed by atoms with van der Waals surface area (Å²) in [5.74, 6) is 1.12. The number of nitrogens with zero attached hydrogens (tertiary/aromatic N) is 1. The van der Waals surface area contributed by atoms with Gasteiger partial charge in [-0.25, -0.2) is 4.98 Å². The zero-order valence-electron chi connectivity index (χ0n) is 14.5. The first-order chi connectivity index (χ1) is 12.9. The molecule has 1 aromatic heterocycles. The van der Waals surface area contributed by atoms with Crippen LogP contribution in [-0.4, -0.2) is 21.7 Å². The number of hydrogen-bond acceptors (Lipinski definition) is 2. The monoisotopic (exact) mass is 342 g/mol. The second-order valence-corrected chi connectivity index (χ2v) is 6.62. The van der Waals surface area contributed by atoms with Gasteiger partial charge < -0.3 is 10.1 Å². The Kier molecular flexibility index (Phi) is 4.55. The lowest BCUT2D eigenvalue weighted by molar-refractivity contribution is 0.331. The Balaban J connectivity index is 1.97. The molecule has 0 radical (unpaired) electrons. The quantitative estimate of drug-likeness (QED) is 0.729. The molecule has 3 aromatic rings. The molecule has 26 heavy (non-hydrogen) atoms. The molecule has 1 atom stereocenters. The van der Waals surface area contributed by atoms with Gasteiger partial charge in [-0.2, -0.15) is 0 Å². The van der Waals surface area contributed by atoms with Crippen LogP contribution in [-0.2, 0) is 5.41 Å². The van der Waals surface area contributed by atoms with E-state index in [-0.39, 0.29) is 12.5 Å². The van der Waals surface area contributed by atoms with E-state index in [1.807, 2.05) is 30.6 Å². The molecule has 4 rings (SSSR count). The van der Waals surface area contributed by atoms with Gasteiger partial charge in [-0.15, -0.1) is 0 Å². The van der Waals surface area contributed by atoms with Gasteiger partial charge in [0.1, 0.15) is 5.82 Å². The van der Waals surface area contributed by atoms with Crippen molar-refractivity contribution in [1.82, 2.24) is 9.97 Å². The standard InChI is InChI=1S/C23H22N2O/c26-17-18-11-13-21(14-12-18)23(22-24-15-16-25-22,19-7-3-1-4-8-19)20-9-5-2-6-10-20/h1-13,15-16,21,26H,14,17H2,(H,24,25). The Labute approximate surface area is 153 Å². The van der Waals surface area contributed by atoms with Crippen LogP contribution >= 0.6 is 0 Å². The first-order valence-corrected chi connectivity index (χ1v) is 8.94. The van der Waals surface area contributed by atoms with Gasteiger partial charge in [-0.1, -0.05) is 78.9 Å². The maximum Gasteiger partial charge on any atom is 0.121 e. The number of nitrogens with one attached hydrogen (secondary N) is 1. The van der Waals surface area contributed by atoms with E-state index in [2.05, 4.69) is 65.7 Å². The molecular weight excluding hydrogens is 320 g/mol. The fraction of sp³-hybridized carbons (Fsp3) is 0.174. The van der Waals surface area contributed by atoms with Crippen molar-refractivity contribution in [3.63, 3.8) is 0 Å². The van der Waals surface area contributed by atoms with E-state index < -0.39 is 5.41 Å². The van der Waals surface area contributed by atoms with Crippen LogP contribution in [0.3, 0.4) is 0 Å². The summed E-state index contributed by atoms with van der Waals surface area (Å²) in [6.07, 6.45) is 10.9. The van der Waals surface area contributed by atoms with Gasteiger partial charge in [0.25, 0.3) is 0 Å². The van der Waals surface area contributed by atoms with Crippen LogP contribution in [0.15, 0.2) is 96.9 Å². The fourth-order valence-corrected chi connectivity index (χ4v) is 4.03. The van der Waals surface area contributed by atoms with Crippen molar-refractivity contribution in [3.05, 3.63) is 114 Å². The summed E-state index contributed by atoms with van der Waals surface area (Å²) in [4.78, 5) is 8.08. The number of imidazole rings is 1. The van der Waals surface area contributed by atoms with E-state index >= 15 is 0 Å². The Morgan fingerprint density at radius 3 is 2.12 bits per heavy atom. The fourth-order valence-electron chi connectivity index (χ4n) is 4.03. The van der Waals surface area contributed by atoms with Gasteiger partial charge >= 0.3 is 0 Å². The van der Waals surface area contributed by atoms with Gasteiger partial charge in [0.2, 0.25) is 0 Å². The SMILES string of the molecule is OCC1=CCC(C(c2ccccc2)(c2ccccc2)c2ncc[nH]2)C=C1. The zero-order chi connectivity index (χ0) is 17.8. The van der Waals surface area contributed by atoms with Gasteiger partial charge in [-0.3, -0.25) is 0 Å². The number of aromatic amines is 1. The van der Waals surface area contributed by atoms with Crippen molar-refractivity contribution in [1.29, 1.82) is 0 Å². The number of hydrogen-bond donors (Lipinski definition) is 2. The lowest BCUT2D eigenvalue weighted by Crippen LogP contribution is -2.38. The third kappa shape index (κ3) is 2.71. The van der Waals surface area contributed by atoms with Gasteiger partial charge in [0.15, 0.2) is 0 Å². The van der Waals surface area contributed by atoms with E-state index in [9.17, 15) is 5.11 Å². The number of benzene rings is 2. The minimum absolute atomic E-state index is 0.0770. The minimum Gasteiger partial charge on any atom is -0.392 e. The molecule has 2 aromatic carbocycles. The second kappa shape index (κ2) is 7.14. The van der Waals surface area contributed by atoms with Crippen molar-refractivity contribution in [2.45, 2.75) is 11.8 Å². The summed E-state index contributed by atoms with van der Waals surface area (Å²) in [5, 5.41) is 9.46. The van der Waals surface area contributed by atoms with Crippen LogP contribution in [0.25, 0.3) is 0 Å². The third-order valence-electron chi connectivity index (χ3n) is 5.25. The van der Waals surface area contributed by atoms with E-state index in [0.29, 0.717) is 0 Å². The summed E-state index contributed by atoms with van der Waals surface area (Å²) in [6.45, 7) is 0.0770. The Bertz CT molecular complexity index is 856. The van der Waals surface area contributed by atoms with Crippen LogP contribution < -0.4 is 0 Å². The van der Waals surface area contributed by atoms with E-state index in [0.717, 1.165) is 17.8 Å². The second-order valence-electron chi connectivity index (χ2n) is 6.62. The van der Waals surface area contributed by atoms with Gasteiger partial charge in [-0.05, 0) is 23.1 Å². The molecule has 2 N–H and O–H groups in total. The number of H-pyrrole nitrogens is 1. The summed E-state index contributed by atoms with van der Waals surface area (Å²) >= 11 is 0. The molecule has 0 saturated heterocycles. The highest BCUT2D eigenvalue weighted by Crippen LogP contribution is 2.47. The molecule has 1 aliphatic carbocycles. The average Bonchev–Trinajstić information content (AvgIpc) is 3.26. The Morgan fingerprint density at radius 1 is 1.00 bits per heavy atom. The highest BCUT2D eigenvalue weighted by Gasteiger charge is 2.44. The molecule has 3 nitrogen and oxygen atoms in total. The Morgan fingerprint density at radius 2 is 1.65 bits per heavy atom. The minimum atomic E-state index is -0.417. The summed E-state index contributed by atoms with van der Waals surface area (Å²) < 4.78 is 0. The maximum atomic E-state index is 9.46. The van der Waals surface area contributed by atoms with Crippen molar-refractivity contribution < 1.29 is 5.11 Å². The smallest absolute Gasteiger partial charge is 0.121 e. The number of allylic oxidation sites excluding steroid dienone is 2. The van der Waals surface area contributed by atoms with E-state index in [4.69, 9.17) is 4.98 Å². The molecule has 0 amide bonds. The molecule has 1 heterocycles. The molecule has 0 aliphatic heterocycles. The van der Waals surface area contributed by atoms with Crippen molar-refractivity contribution >= 4 is 0 Å². The normalized spacial score (nSPS) is 17.1. The number of aromatic nitrogens is 2. The highest BCUT2D eigenvalue weighted by molar-refractivity contribution is 5.49. The van der Waals surface area contributed by atoms with Crippen molar-refractivity contribution in [2.75, 3.05) is 6.61 Å². The first kappa shape index (κ1) is 16.6. The highest BCUT2D eigenvalue weighted by atomic mass is 16.3. The summed E-state index contributed by atoms with van der Waals surface area (Å²) in [5.41, 5.74) is 2.96. The van der Waals surface area contributed by atoms with Crippen molar-refractivity contribution in [3.8, 4) is 0 Å². The number of rotatable bonds is 5. The molecule has 130 valence electrons. The lowest BCUT2D eigenvalue weighted by Gasteiger charge is -2.40. The molecule has 0 fully saturated rings. The molecule has 0 bridgehead atoms. The van der Waals surface area contributed by atoms with Crippen LogP contribution in [0.5, 0.6) is 0 Å². The largest absolute Gasteiger partial charge is 0.392 e. The van der Waals surface area contributed by atoms with Crippen LogP contribution in [0, 0.1) is 5.92 Å². The van der Waals surface area contributed by atoms with Gasteiger partial charge in [0, 0.05) is 18.3 Å². The van der Waals surface area contributed by atoms with Crippen LogP contribution in [0.2, 0.25) is 0 Å². The zero-order valence-corrected chi connectivity index (χ0v) is 14.5. The van der Waals surface area contributed by atoms with E-state index in [1.54, 1.807) is 0 Å². The van der Waals surface area contributed by atoms with Crippen LogP contribution in [0.1, 0.15) is 23.4 Å². The molecular formula is C23H22N2O. The predicted molar refractivity (Wildman–Crippen MR) is 104 cm³/mol. The summed E-state index contributed by atoms with van der Waals surface area (Å²) in [6, 6.07) is 21.1. The number of aliphatic hydroxyl groups is 1.